The number of carbonyl (C=O) groups is 1. The van der Waals surface area contributed by atoms with Crippen LogP contribution in [0.4, 0.5) is 5.69 Å². The lowest BCUT2D eigenvalue weighted by Gasteiger charge is -2.05. The molecule has 0 fully saturated rings. The highest BCUT2D eigenvalue weighted by molar-refractivity contribution is 5.92. The van der Waals surface area contributed by atoms with E-state index in [0.29, 0.717) is 0 Å². The zero-order chi connectivity index (χ0) is 12.3. The summed E-state index contributed by atoms with van der Waals surface area (Å²) < 4.78 is 0. The minimum atomic E-state index is -1.41. The molecule has 0 amide bonds. The Balaban J connectivity index is 3.44. The summed E-state index contributed by atoms with van der Waals surface area (Å²) in [6, 6.07) is 1.95. The largest absolute Gasteiger partial charge is 0.507 e. The molecule has 0 aliphatic heterocycles. The lowest BCUT2D eigenvalue weighted by Crippen LogP contribution is -2.01. The first-order valence-electron chi connectivity index (χ1n) is 4.31. The summed E-state index contributed by atoms with van der Waals surface area (Å²) in [5.74, 6) is -1.87. The van der Waals surface area contributed by atoms with Gasteiger partial charge in [-0.3, -0.25) is 10.1 Å². The van der Waals surface area contributed by atoms with Crippen molar-refractivity contribution in [3.8, 4) is 5.75 Å². The van der Waals surface area contributed by atoms with Crippen LogP contribution in [0.3, 0.4) is 0 Å². The zero-order valence-electron chi connectivity index (χ0n) is 8.21. The van der Waals surface area contributed by atoms with Crippen LogP contribution in [-0.4, -0.2) is 21.1 Å². The van der Waals surface area contributed by atoms with Crippen molar-refractivity contribution in [1.82, 2.24) is 0 Å². The van der Waals surface area contributed by atoms with Crippen molar-refractivity contribution >= 4 is 11.7 Å². The molecule has 84 valence electrons. The van der Waals surface area contributed by atoms with Crippen molar-refractivity contribution < 1.29 is 19.9 Å². The molecule has 0 spiro atoms. The van der Waals surface area contributed by atoms with Crippen LogP contribution in [0.5, 0.6) is 5.75 Å². The first-order valence-corrected chi connectivity index (χ1v) is 4.31. The number of rotatable bonds is 4. The van der Waals surface area contributed by atoms with Gasteiger partial charge >= 0.3 is 5.97 Å². The maximum absolute atomic E-state index is 10.7. The van der Waals surface area contributed by atoms with Crippen LogP contribution in [0.2, 0.25) is 0 Å². The Morgan fingerprint density at radius 1 is 1.56 bits per heavy atom. The Kier molecular flexibility index (Phi) is 3.24. The summed E-state index contributed by atoms with van der Waals surface area (Å²) in [6.45, 7) is 3.42. The maximum atomic E-state index is 10.7. The van der Waals surface area contributed by atoms with Gasteiger partial charge < -0.3 is 10.2 Å². The molecule has 0 radical (unpaired) electrons. The summed E-state index contributed by atoms with van der Waals surface area (Å²) in [4.78, 5) is 20.6. The van der Waals surface area contributed by atoms with Gasteiger partial charge in [0.15, 0.2) is 0 Å². The summed E-state index contributed by atoms with van der Waals surface area (Å²) in [7, 11) is 0. The van der Waals surface area contributed by atoms with E-state index in [2.05, 4.69) is 6.58 Å². The lowest BCUT2D eigenvalue weighted by atomic mass is 10.0. The summed E-state index contributed by atoms with van der Waals surface area (Å²) in [5, 5.41) is 28.9. The van der Waals surface area contributed by atoms with E-state index >= 15 is 0 Å². The van der Waals surface area contributed by atoms with Crippen LogP contribution in [0, 0.1) is 10.1 Å². The van der Waals surface area contributed by atoms with E-state index in [1.165, 1.54) is 6.08 Å². The molecule has 0 unspecified atom stereocenters. The van der Waals surface area contributed by atoms with Crippen LogP contribution in [0.1, 0.15) is 15.9 Å². The molecule has 0 bridgehead atoms. The van der Waals surface area contributed by atoms with E-state index in [9.17, 15) is 20.0 Å². The lowest BCUT2D eigenvalue weighted by molar-refractivity contribution is -0.385. The molecule has 0 atom stereocenters. The molecule has 0 heterocycles. The average molecular weight is 223 g/mol. The molecule has 6 heteroatoms. The SMILES string of the molecule is C=CCc1cc([N+](=O)[O-])cc(C(=O)O)c1O. The summed E-state index contributed by atoms with van der Waals surface area (Å²) in [5.41, 5.74) is -0.681. The molecule has 2 N–H and O–H groups in total. The second-order valence-electron chi connectivity index (χ2n) is 3.06. The van der Waals surface area contributed by atoms with Crippen molar-refractivity contribution in [3.63, 3.8) is 0 Å². The first kappa shape index (κ1) is 11.7. The Morgan fingerprint density at radius 2 is 2.19 bits per heavy atom. The second-order valence-corrected chi connectivity index (χ2v) is 3.06. The van der Waals surface area contributed by atoms with E-state index < -0.39 is 22.2 Å². The predicted molar refractivity (Wildman–Crippen MR) is 55.6 cm³/mol. The van der Waals surface area contributed by atoms with Crippen LogP contribution < -0.4 is 0 Å². The number of nitro benzene ring substituents is 1. The van der Waals surface area contributed by atoms with Gasteiger partial charge in [0, 0.05) is 17.7 Å². The fraction of sp³-hybridized carbons (Fsp3) is 0.100. The number of non-ortho nitro benzene ring substituents is 1. The zero-order valence-corrected chi connectivity index (χ0v) is 8.21. The van der Waals surface area contributed by atoms with Crippen molar-refractivity contribution in [2.24, 2.45) is 0 Å². The maximum Gasteiger partial charge on any atom is 0.339 e. The molecule has 1 aromatic carbocycles. The number of aromatic carboxylic acids is 1. The first-order chi connectivity index (χ1) is 7.47. The van der Waals surface area contributed by atoms with Gasteiger partial charge in [-0.25, -0.2) is 4.79 Å². The Labute approximate surface area is 90.6 Å². The molecule has 0 aliphatic carbocycles. The highest BCUT2D eigenvalue weighted by Crippen LogP contribution is 2.28. The normalized spacial score (nSPS) is 9.75. The fourth-order valence-corrected chi connectivity index (χ4v) is 1.26. The quantitative estimate of drug-likeness (QED) is 0.459. The number of nitro groups is 1. The number of carboxylic acids is 1. The standard InChI is InChI=1S/C10H9NO5/c1-2-3-6-4-7(11(15)16)5-8(9(6)12)10(13)14/h2,4-5,12H,1,3H2,(H,13,14). The Bertz CT molecular complexity index is 467. The van der Waals surface area contributed by atoms with Gasteiger partial charge in [0.1, 0.15) is 11.3 Å². The van der Waals surface area contributed by atoms with Gasteiger partial charge in [-0.15, -0.1) is 6.58 Å². The van der Waals surface area contributed by atoms with Gasteiger partial charge in [0.25, 0.3) is 5.69 Å². The highest BCUT2D eigenvalue weighted by Gasteiger charge is 2.19. The number of hydrogen-bond acceptors (Lipinski definition) is 4. The monoisotopic (exact) mass is 223 g/mol. The average Bonchev–Trinajstić information content (AvgIpc) is 2.20. The van der Waals surface area contributed by atoms with Gasteiger partial charge in [-0.2, -0.15) is 0 Å². The third-order valence-corrected chi connectivity index (χ3v) is 1.98. The third-order valence-electron chi connectivity index (χ3n) is 1.98. The number of carboxylic acid groups (broad SMARTS) is 1. The number of phenols is 1. The molecule has 16 heavy (non-hydrogen) atoms. The summed E-state index contributed by atoms with van der Waals surface area (Å²) in [6.07, 6.45) is 1.58. The van der Waals surface area contributed by atoms with Crippen LogP contribution in [-0.2, 0) is 6.42 Å². The van der Waals surface area contributed by atoms with Gasteiger partial charge in [0.05, 0.1) is 4.92 Å². The number of hydrogen-bond donors (Lipinski definition) is 2. The number of aromatic hydroxyl groups is 1. The van der Waals surface area contributed by atoms with E-state index in [0.717, 1.165) is 12.1 Å². The van der Waals surface area contributed by atoms with Crippen LogP contribution in [0.15, 0.2) is 24.8 Å². The molecule has 0 aromatic heterocycles. The molecule has 1 rings (SSSR count). The van der Waals surface area contributed by atoms with Gasteiger partial charge in [-0.1, -0.05) is 6.08 Å². The van der Waals surface area contributed by atoms with Crippen molar-refractivity contribution in [3.05, 3.63) is 46.0 Å². The third kappa shape index (κ3) is 2.17. The van der Waals surface area contributed by atoms with Crippen LogP contribution >= 0.6 is 0 Å². The van der Waals surface area contributed by atoms with Gasteiger partial charge in [-0.05, 0) is 6.42 Å². The van der Waals surface area contributed by atoms with E-state index in [-0.39, 0.29) is 17.7 Å². The van der Waals surface area contributed by atoms with Crippen molar-refractivity contribution in [1.29, 1.82) is 0 Å². The molecule has 1 aromatic rings. The smallest absolute Gasteiger partial charge is 0.339 e. The van der Waals surface area contributed by atoms with E-state index in [4.69, 9.17) is 5.11 Å². The molecular weight excluding hydrogens is 214 g/mol. The Hall–Kier alpha value is -2.37. The topological polar surface area (TPSA) is 101 Å². The number of benzene rings is 1. The predicted octanol–water partition coefficient (Wildman–Crippen LogP) is 1.73. The molecule has 0 saturated carbocycles. The van der Waals surface area contributed by atoms with Crippen LogP contribution in [0.25, 0.3) is 0 Å². The highest BCUT2D eigenvalue weighted by atomic mass is 16.6. The van der Waals surface area contributed by atoms with E-state index in [1.54, 1.807) is 0 Å². The second kappa shape index (κ2) is 4.43. The minimum Gasteiger partial charge on any atom is -0.507 e. The van der Waals surface area contributed by atoms with Crippen molar-refractivity contribution in [2.75, 3.05) is 0 Å². The molecule has 0 aliphatic rings. The number of allylic oxidation sites excluding steroid dienone is 1. The van der Waals surface area contributed by atoms with Crippen molar-refractivity contribution in [2.45, 2.75) is 6.42 Å². The fourth-order valence-electron chi connectivity index (χ4n) is 1.26. The van der Waals surface area contributed by atoms with Gasteiger partial charge in [0.2, 0.25) is 0 Å². The number of nitrogens with zero attached hydrogens (tertiary/aromatic N) is 1. The van der Waals surface area contributed by atoms with E-state index in [1.807, 2.05) is 0 Å². The Morgan fingerprint density at radius 3 is 2.62 bits per heavy atom. The minimum absolute atomic E-state index is 0.161. The molecule has 0 saturated heterocycles. The molecular formula is C10H9NO5. The molecule has 6 nitrogen and oxygen atoms in total. The summed E-state index contributed by atoms with van der Waals surface area (Å²) >= 11 is 0.